The van der Waals surface area contributed by atoms with Gasteiger partial charge in [0.25, 0.3) is 0 Å². The third-order valence-electron chi connectivity index (χ3n) is 5.57. The molecule has 1 aliphatic heterocycles. The van der Waals surface area contributed by atoms with Crippen LogP contribution < -0.4 is 10.8 Å². The zero-order valence-corrected chi connectivity index (χ0v) is 22.9. The quantitative estimate of drug-likeness (QED) is 0.186. The van der Waals surface area contributed by atoms with Crippen molar-refractivity contribution in [2.75, 3.05) is 17.6 Å². The first kappa shape index (κ1) is 28.1. The van der Waals surface area contributed by atoms with Crippen LogP contribution in [0.3, 0.4) is 0 Å². The summed E-state index contributed by atoms with van der Waals surface area (Å²) in [5.41, 5.74) is 3.56. The highest BCUT2D eigenvalue weighted by molar-refractivity contribution is 8.01. The smallest absolute Gasteiger partial charge is 0.243 e. The van der Waals surface area contributed by atoms with Crippen molar-refractivity contribution in [3.63, 3.8) is 0 Å². The van der Waals surface area contributed by atoms with E-state index in [-0.39, 0.29) is 23.3 Å². The number of unbranched alkanes of at least 4 members (excludes halogenated alkanes) is 3. The fraction of sp³-hybridized carbons (Fsp3) is 0.538. The van der Waals surface area contributed by atoms with E-state index in [1.807, 2.05) is 30.3 Å². The predicted molar refractivity (Wildman–Crippen MR) is 145 cm³/mol. The Morgan fingerprint density at radius 2 is 1.83 bits per heavy atom. The summed E-state index contributed by atoms with van der Waals surface area (Å²) in [7, 11) is 0. The number of nitrogens with one attached hydrogen (secondary N) is 2. The SMILES string of the molecule is CC(C)(C)C1CN=C(CSc2cnc(NC(=O)CCCCCCC(=O)NOCc3ccccc3)s2)O1. The third kappa shape index (κ3) is 10.3. The number of ether oxygens (including phenoxy) is 1. The molecule has 0 bridgehead atoms. The van der Waals surface area contributed by atoms with Crippen LogP contribution in [0.2, 0.25) is 0 Å². The molecule has 0 saturated heterocycles. The zero-order valence-electron chi connectivity index (χ0n) is 21.2. The number of carbonyl (C=O) groups is 2. The number of carbonyl (C=O) groups excluding carboxylic acids is 2. The van der Waals surface area contributed by atoms with Crippen LogP contribution in [-0.2, 0) is 25.8 Å². The number of aliphatic imine (C=N–C) groups is 1. The maximum Gasteiger partial charge on any atom is 0.243 e. The van der Waals surface area contributed by atoms with Crippen molar-refractivity contribution in [3.05, 3.63) is 42.1 Å². The van der Waals surface area contributed by atoms with Gasteiger partial charge in [-0.25, -0.2) is 10.5 Å². The molecule has 196 valence electrons. The van der Waals surface area contributed by atoms with Gasteiger partial charge >= 0.3 is 0 Å². The normalized spacial score (nSPS) is 15.3. The van der Waals surface area contributed by atoms with Crippen molar-refractivity contribution in [1.82, 2.24) is 10.5 Å². The molecule has 1 unspecified atom stereocenters. The highest BCUT2D eigenvalue weighted by atomic mass is 32.2. The second-order valence-corrected chi connectivity index (χ2v) is 12.0. The lowest BCUT2D eigenvalue weighted by atomic mass is 9.89. The average molecular weight is 533 g/mol. The number of hydroxylamine groups is 1. The molecule has 2 heterocycles. The van der Waals surface area contributed by atoms with E-state index in [2.05, 4.69) is 41.5 Å². The van der Waals surface area contributed by atoms with E-state index < -0.39 is 0 Å². The molecule has 8 nitrogen and oxygen atoms in total. The van der Waals surface area contributed by atoms with Crippen LogP contribution in [0, 0.1) is 5.41 Å². The Balaban J connectivity index is 1.20. The van der Waals surface area contributed by atoms with Crippen molar-refractivity contribution in [2.24, 2.45) is 10.4 Å². The monoisotopic (exact) mass is 532 g/mol. The first-order valence-electron chi connectivity index (χ1n) is 12.3. The summed E-state index contributed by atoms with van der Waals surface area (Å²) in [6, 6.07) is 9.68. The van der Waals surface area contributed by atoms with E-state index in [0.717, 1.165) is 41.4 Å². The van der Waals surface area contributed by atoms with Gasteiger partial charge < -0.3 is 10.1 Å². The van der Waals surface area contributed by atoms with Crippen molar-refractivity contribution in [3.8, 4) is 0 Å². The molecular formula is C26H36N4O4S2. The maximum atomic E-state index is 12.2. The second kappa shape index (κ2) is 14.3. The van der Waals surface area contributed by atoms with Gasteiger partial charge in [0.05, 0.1) is 29.3 Å². The van der Waals surface area contributed by atoms with E-state index >= 15 is 0 Å². The minimum atomic E-state index is -0.123. The molecule has 1 aromatic carbocycles. The van der Waals surface area contributed by atoms with E-state index in [1.54, 1.807) is 18.0 Å². The summed E-state index contributed by atoms with van der Waals surface area (Å²) in [4.78, 5) is 38.1. The Morgan fingerprint density at radius 1 is 1.11 bits per heavy atom. The van der Waals surface area contributed by atoms with Crippen LogP contribution in [0.15, 0.2) is 45.7 Å². The Morgan fingerprint density at radius 3 is 2.53 bits per heavy atom. The van der Waals surface area contributed by atoms with Gasteiger partial charge in [-0.15, -0.1) is 11.8 Å². The number of thiazole rings is 1. The molecule has 1 aliphatic rings. The lowest BCUT2D eigenvalue weighted by molar-refractivity contribution is -0.134. The number of amides is 2. The number of hydrogen-bond acceptors (Lipinski definition) is 8. The lowest BCUT2D eigenvalue weighted by Crippen LogP contribution is -2.29. The summed E-state index contributed by atoms with van der Waals surface area (Å²) < 4.78 is 6.97. The summed E-state index contributed by atoms with van der Waals surface area (Å²) in [6.07, 6.45) is 6.07. The molecule has 1 atom stereocenters. The summed E-state index contributed by atoms with van der Waals surface area (Å²) in [6.45, 7) is 7.53. The van der Waals surface area contributed by atoms with Gasteiger partial charge in [-0.2, -0.15) is 0 Å². The number of thioether (sulfide) groups is 1. The Bertz CT molecular complexity index is 1000. The fourth-order valence-corrected chi connectivity index (χ4v) is 5.17. The minimum absolute atomic E-state index is 0.0375. The molecule has 0 saturated carbocycles. The van der Waals surface area contributed by atoms with E-state index in [0.29, 0.717) is 36.9 Å². The van der Waals surface area contributed by atoms with Gasteiger partial charge in [-0.3, -0.25) is 19.4 Å². The van der Waals surface area contributed by atoms with E-state index in [4.69, 9.17) is 9.57 Å². The van der Waals surface area contributed by atoms with Gasteiger partial charge in [0.2, 0.25) is 11.8 Å². The van der Waals surface area contributed by atoms with Crippen LogP contribution in [0.25, 0.3) is 0 Å². The van der Waals surface area contributed by atoms with Gasteiger partial charge in [0.15, 0.2) is 11.0 Å². The number of hydrogen-bond donors (Lipinski definition) is 2. The number of benzene rings is 1. The molecule has 1 aromatic heterocycles. The van der Waals surface area contributed by atoms with Gasteiger partial charge in [0, 0.05) is 18.3 Å². The van der Waals surface area contributed by atoms with Crippen LogP contribution in [-0.4, -0.2) is 41.1 Å². The highest BCUT2D eigenvalue weighted by Gasteiger charge is 2.31. The highest BCUT2D eigenvalue weighted by Crippen LogP contribution is 2.31. The van der Waals surface area contributed by atoms with Crippen LogP contribution in [0.4, 0.5) is 5.13 Å². The van der Waals surface area contributed by atoms with Crippen molar-refractivity contribution in [2.45, 2.75) is 76.2 Å². The topological polar surface area (TPSA) is 102 Å². The van der Waals surface area contributed by atoms with Crippen LogP contribution >= 0.6 is 23.1 Å². The molecular weight excluding hydrogens is 496 g/mol. The van der Waals surface area contributed by atoms with Crippen LogP contribution in [0.5, 0.6) is 0 Å². The first-order valence-corrected chi connectivity index (χ1v) is 14.1. The second-order valence-electron chi connectivity index (χ2n) is 9.74. The summed E-state index contributed by atoms with van der Waals surface area (Å²) in [5, 5.41) is 3.48. The largest absolute Gasteiger partial charge is 0.475 e. The van der Waals surface area contributed by atoms with Crippen molar-refractivity contribution in [1.29, 1.82) is 0 Å². The molecule has 2 amide bonds. The fourth-order valence-electron chi connectivity index (χ4n) is 3.40. The van der Waals surface area contributed by atoms with Gasteiger partial charge in [-0.1, -0.05) is 75.3 Å². The van der Waals surface area contributed by atoms with Gasteiger partial charge in [0.1, 0.15) is 6.10 Å². The maximum absolute atomic E-state index is 12.2. The molecule has 0 aliphatic carbocycles. The zero-order chi connectivity index (χ0) is 25.8. The first-order chi connectivity index (χ1) is 17.3. The van der Waals surface area contributed by atoms with E-state index in [9.17, 15) is 9.59 Å². The number of nitrogens with zero attached hydrogens (tertiary/aromatic N) is 2. The van der Waals surface area contributed by atoms with E-state index in [1.165, 1.54) is 11.3 Å². The average Bonchev–Trinajstić information content (AvgIpc) is 3.50. The number of rotatable bonds is 14. The molecule has 36 heavy (non-hydrogen) atoms. The Labute approximate surface area is 221 Å². The Hall–Kier alpha value is -2.43. The molecule has 10 heteroatoms. The minimum Gasteiger partial charge on any atom is -0.475 e. The predicted octanol–water partition coefficient (Wildman–Crippen LogP) is 5.61. The lowest BCUT2D eigenvalue weighted by Gasteiger charge is -2.25. The number of aromatic nitrogens is 1. The molecule has 2 N–H and O–H groups in total. The van der Waals surface area contributed by atoms with Crippen molar-refractivity contribution < 1.29 is 19.2 Å². The Kier molecular flexibility index (Phi) is 11.2. The third-order valence-corrected chi connectivity index (χ3v) is 7.66. The number of anilines is 1. The van der Waals surface area contributed by atoms with Gasteiger partial charge in [-0.05, 0) is 18.4 Å². The summed E-state index contributed by atoms with van der Waals surface area (Å²) in [5.74, 6) is 1.28. The molecule has 3 rings (SSSR count). The van der Waals surface area contributed by atoms with Crippen LogP contribution in [0.1, 0.15) is 64.9 Å². The molecule has 0 spiro atoms. The molecule has 2 aromatic rings. The summed E-state index contributed by atoms with van der Waals surface area (Å²) >= 11 is 3.08. The standard InChI is InChI=1S/C26H36N4O4S2/c1-26(2,3)20-15-27-23(34-20)18-35-24-16-28-25(36-24)29-21(31)13-9-4-5-10-14-22(32)30-33-17-19-11-7-6-8-12-19/h6-8,11-12,16,20H,4-5,9-10,13-15,17-18H2,1-3H3,(H,30,32)(H,28,29,31). The molecule has 0 radical (unpaired) electrons. The molecule has 0 fully saturated rings. The van der Waals surface area contributed by atoms with Crippen molar-refractivity contribution >= 4 is 45.9 Å².